The Bertz CT molecular complexity index is 984. The number of anilines is 1. The number of aryl methyl sites for hydroxylation is 1. The van der Waals surface area contributed by atoms with E-state index in [0.29, 0.717) is 47.5 Å². The van der Waals surface area contributed by atoms with Crippen LogP contribution in [0.15, 0.2) is 22.8 Å². The topological polar surface area (TPSA) is 80.6 Å². The Labute approximate surface area is 188 Å². The number of carbonyl (C=O) groups excluding carboxylic acids is 2. The molecule has 0 fully saturated rings. The average Bonchev–Trinajstić information content (AvgIpc) is 3.33. The first-order chi connectivity index (χ1) is 15.4. The summed E-state index contributed by atoms with van der Waals surface area (Å²) in [5, 5.41) is 1.77. The van der Waals surface area contributed by atoms with E-state index in [1.165, 1.54) is 5.32 Å². The van der Waals surface area contributed by atoms with Crippen LogP contribution in [0.25, 0.3) is 0 Å². The van der Waals surface area contributed by atoms with Gasteiger partial charge in [-0.15, -0.1) is 11.3 Å². The Balaban J connectivity index is 2.15. The number of hydrogen-bond donors (Lipinski definition) is 2. The van der Waals surface area contributed by atoms with Gasteiger partial charge in [-0.2, -0.15) is 26.3 Å². The lowest BCUT2D eigenvalue weighted by molar-refractivity contribution is -0.294. The third-order valence-corrected chi connectivity index (χ3v) is 6.47. The molecule has 0 aromatic carbocycles. The Hall–Kier alpha value is -2.70. The van der Waals surface area contributed by atoms with Gasteiger partial charge in [0.15, 0.2) is 5.76 Å². The van der Waals surface area contributed by atoms with Crippen molar-refractivity contribution < 1.29 is 45.1 Å². The van der Waals surface area contributed by atoms with E-state index in [2.05, 4.69) is 9.15 Å². The zero-order valence-electron chi connectivity index (χ0n) is 17.3. The third kappa shape index (κ3) is 4.82. The van der Waals surface area contributed by atoms with Gasteiger partial charge in [-0.25, -0.2) is 4.79 Å². The molecule has 2 N–H and O–H groups in total. The Kier molecular flexibility index (Phi) is 7.01. The van der Waals surface area contributed by atoms with Gasteiger partial charge in [0.2, 0.25) is 0 Å². The number of fused-ring (bicyclic) bond motifs is 1. The van der Waals surface area contributed by atoms with Crippen molar-refractivity contribution in [2.45, 2.75) is 56.5 Å². The van der Waals surface area contributed by atoms with Crippen molar-refractivity contribution in [2.75, 3.05) is 12.4 Å². The molecule has 1 aliphatic carbocycles. The zero-order valence-corrected chi connectivity index (χ0v) is 18.1. The smallest absolute Gasteiger partial charge is 0.439 e. The molecule has 1 aliphatic rings. The normalized spacial score (nSPS) is 15.2. The molecule has 33 heavy (non-hydrogen) atoms. The standard InChI is InChI=1S/C20H20F6N2O4S/c1-31-17(30)14-11-7-4-2-3-5-9-13(11)33-16(14)28-18(19(21,22)23,20(24,25)26)27-15(29)12-8-6-10-32-12/h6,8,10,28H,2-5,7,9H2,1H3,(H,27,29). The van der Waals surface area contributed by atoms with E-state index in [-0.39, 0.29) is 5.56 Å². The van der Waals surface area contributed by atoms with E-state index in [4.69, 9.17) is 0 Å². The van der Waals surface area contributed by atoms with E-state index < -0.39 is 40.7 Å². The van der Waals surface area contributed by atoms with Gasteiger partial charge in [0.1, 0.15) is 5.00 Å². The van der Waals surface area contributed by atoms with Gasteiger partial charge in [-0.1, -0.05) is 12.8 Å². The number of thiophene rings is 1. The maximum absolute atomic E-state index is 14.0. The summed E-state index contributed by atoms with van der Waals surface area (Å²) in [6.45, 7) is 0. The molecule has 0 bridgehead atoms. The summed E-state index contributed by atoms with van der Waals surface area (Å²) in [6.07, 6.45) is -7.50. The fourth-order valence-corrected chi connectivity index (χ4v) is 4.94. The molecule has 1 amide bonds. The van der Waals surface area contributed by atoms with Crippen molar-refractivity contribution in [1.82, 2.24) is 5.32 Å². The molecule has 0 saturated heterocycles. The molecule has 182 valence electrons. The van der Waals surface area contributed by atoms with E-state index in [9.17, 15) is 35.9 Å². The van der Waals surface area contributed by atoms with Crippen LogP contribution in [0.1, 0.15) is 57.0 Å². The first-order valence-corrected chi connectivity index (χ1v) is 10.7. The highest BCUT2D eigenvalue weighted by molar-refractivity contribution is 7.16. The number of hydrogen-bond acceptors (Lipinski definition) is 6. The Morgan fingerprint density at radius 2 is 1.67 bits per heavy atom. The predicted molar refractivity (Wildman–Crippen MR) is 106 cm³/mol. The molecule has 0 unspecified atom stereocenters. The van der Waals surface area contributed by atoms with Crippen LogP contribution in [0, 0.1) is 0 Å². The number of esters is 1. The summed E-state index contributed by atoms with van der Waals surface area (Å²) in [4.78, 5) is 25.2. The molecule has 0 aliphatic heterocycles. The maximum Gasteiger partial charge on any atom is 0.439 e. The molecular weight excluding hydrogens is 478 g/mol. The number of ether oxygens (including phenoxy) is 1. The molecule has 0 atom stereocenters. The first kappa shape index (κ1) is 24.9. The van der Waals surface area contributed by atoms with Crippen molar-refractivity contribution in [1.29, 1.82) is 0 Å². The maximum atomic E-state index is 14.0. The zero-order chi connectivity index (χ0) is 24.4. The number of halogens is 6. The molecule has 0 saturated carbocycles. The number of rotatable bonds is 5. The first-order valence-electron chi connectivity index (χ1n) is 9.92. The van der Waals surface area contributed by atoms with Crippen LogP contribution in [-0.4, -0.2) is 37.0 Å². The van der Waals surface area contributed by atoms with Crippen LogP contribution < -0.4 is 10.6 Å². The molecular formula is C20H20F6N2O4S. The molecule has 0 radical (unpaired) electrons. The summed E-state index contributed by atoms with van der Waals surface area (Å²) in [6, 6.07) is 2.06. The second-order valence-electron chi connectivity index (χ2n) is 7.42. The average molecular weight is 498 g/mol. The van der Waals surface area contributed by atoms with Gasteiger partial charge in [-0.3, -0.25) is 4.79 Å². The van der Waals surface area contributed by atoms with E-state index in [1.807, 2.05) is 0 Å². The molecule has 6 nitrogen and oxygen atoms in total. The van der Waals surface area contributed by atoms with Crippen LogP contribution in [0.3, 0.4) is 0 Å². The monoisotopic (exact) mass is 498 g/mol. The number of furan rings is 1. The van der Waals surface area contributed by atoms with Crippen LogP contribution in [0.4, 0.5) is 31.3 Å². The van der Waals surface area contributed by atoms with Crippen molar-refractivity contribution >= 4 is 28.2 Å². The molecule has 2 aromatic rings. The quantitative estimate of drug-likeness (QED) is 0.326. The number of amides is 1. The van der Waals surface area contributed by atoms with Gasteiger partial charge in [0.05, 0.1) is 18.9 Å². The second-order valence-corrected chi connectivity index (χ2v) is 8.52. The molecule has 2 aromatic heterocycles. The van der Waals surface area contributed by atoms with E-state index in [1.54, 1.807) is 0 Å². The van der Waals surface area contributed by atoms with Crippen LogP contribution in [0.5, 0.6) is 0 Å². The van der Waals surface area contributed by atoms with E-state index >= 15 is 0 Å². The fourth-order valence-electron chi connectivity index (χ4n) is 3.61. The van der Waals surface area contributed by atoms with Gasteiger partial charge in [0, 0.05) is 4.88 Å². The third-order valence-electron chi connectivity index (χ3n) is 5.26. The Morgan fingerprint density at radius 1 is 1.03 bits per heavy atom. The van der Waals surface area contributed by atoms with Crippen molar-refractivity contribution in [2.24, 2.45) is 0 Å². The SMILES string of the molecule is COC(=O)c1c(NC(NC(=O)c2ccco2)(C(F)(F)F)C(F)(F)F)sc2c1CCCCCC2. The van der Waals surface area contributed by atoms with Crippen LogP contribution >= 0.6 is 11.3 Å². The molecule has 2 heterocycles. The van der Waals surface area contributed by atoms with Gasteiger partial charge < -0.3 is 19.8 Å². The van der Waals surface area contributed by atoms with Crippen LogP contribution in [-0.2, 0) is 17.6 Å². The molecule has 3 rings (SSSR count). The van der Waals surface area contributed by atoms with Gasteiger partial charge >= 0.3 is 24.0 Å². The lowest BCUT2D eigenvalue weighted by Crippen LogP contribution is -2.72. The van der Waals surface area contributed by atoms with Crippen molar-refractivity contribution in [3.63, 3.8) is 0 Å². The number of nitrogens with one attached hydrogen (secondary N) is 2. The molecule has 13 heteroatoms. The predicted octanol–water partition coefficient (Wildman–Crippen LogP) is 5.45. The van der Waals surface area contributed by atoms with Crippen molar-refractivity contribution in [3.8, 4) is 0 Å². The lowest BCUT2D eigenvalue weighted by atomic mass is 9.96. The number of carbonyl (C=O) groups is 2. The Morgan fingerprint density at radius 3 is 2.21 bits per heavy atom. The highest BCUT2D eigenvalue weighted by atomic mass is 32.1. The second kappa shape index (κ2) is 9.27. The summed E-state index contributed by atoms with van der Waals surface area (Å²) in [7, 11) is 0.985. The highest BCUT2D eigenvalue weighted by Crippen LogP contribution is 2.47. The summed E-state index contributed by atoms with van der Waals surface area (Å²) in [5.41, 5.74) is -4.92. The van der Waals surface area contributed by atoms with Crippen LogP contribution in [0.2, 0.25) is 0 Å². The van der Waals surface area contributed by atoms with Gasteiger partial charge in [0.25, 0.3) is 5.91 Å². The highest BCUT2D eigenvalue weighted by Gasteiger charge is 2.73. The van der Waals surface area contributed by atoms with E-state index in [0.717, 1.165) is 43.7 Å². The summed E-state index contributed by atoms with van der Waals surface area (Å²) in [5.74, 6) is -3.55. The number of methoxy groups -OCH3 is 1. The summed E-state index contributed by atoms with van der Waals surface area (Å²) < 4.78 is 93.6. The minimum absolute atomic E-state index is 0.307. The largest absolute Gasteiger partial charge is 0.465 e. The minimum Gasteiger partial charge on any atom is -0.465 e. The van der Waals surface area contributed by atoms with Gasteiger partial charge in [-0.05, 0) is 43.4 Å². The minimum atomic E-state index is -6.04. The molecule has 0 spiro atoms. The van der Waals surface area contributed by atoms with Crippen molar-refractivity contribution in [3.05, 3.63) is 40.2 Å². The summed E-state index contributed by atoms with van der Waals surface area (Å²) >= 11 is 0.625. The number of alkyl halides is 6. The lowest BCUT2D eigenvalue weighted by Gasteiger charge is -2.38. The fraction of sp³-hybridized carbons (Fsp3) is 0.500.